The first-order chi connectivity index (χ1) is 8.41. The van der Waals surface area contributed by atoms with E-state index in [9.17, 15) is 14.9 Å². The molecule has 0 spiro atoms. The lowest BCUT2D eigenvalue weighted by atomic mass is 10.1. The lowest BCUT2D eigenvalue weighted by Crippen LogP contribution is -2.07. The first kappa shape index (κ1) is 14.2. The molecule has 0 bridgehead atoms. The number of ketones is 1. The summed E-state index contributed by atoms with van der Waals surface area (Å²) in [5.74, 6) is 0.361. The summed E-state index contributed by atoms with van der Waals surface area (Å²) in [5.41, 5.74) is 0.771. The maximum Gasteiger partial charge on any atom is 0.293 e. The Kier molecular flexibility index (Phi) is 4.83. The summed E-state index contributed by atoms with van der Waals surface area (Å²) in [6.07, 6.45) is 0.936. The molecule has 1 N–H and O–H groups in total. The third-order valence-corrected chi connectivity index (χ3v) is 2.64. The first-order valence-electron chi connectivity index (χ1n) is 5.95. The molecule has 1 rings (SSSR count). The molecule has 0 heterocycles. The summed E-state index contributed by atoms with van der Waals surface area (Å²) in [7, 11) is 0. The molecule has 0 aromatic heterocycles. The molecule has 1 aromatic rings. The third kappa shape index (κ3) is 3.84. The van der Waals surface area contributed by atoms with Crippen molar-refractivity contribution in [2.45, 2.75) is 27.2 Å². The molecule has 0 unspecified atom stereocenters. The van der Waals surface area contributed by atoms with Gasteiger partial charge in [-0.25, -0.2) is 0 Å². The normalized spacial score (nSPS) is 10.4. The molecule has 0 aliphatic heterocycles. The van der Waals surface area contributed by atoms with E-state index in [0.29, 0.717) is 23.7 Å². The summed E-state index contributed by atoms with van der Waals surface area (Å²) in [6.45, 7) is 6.26. The smallest absolute Gasteiger partial charge is 0.293 e. The molecule has 0 aliphatic rings. The third-order valence-electron chi connectivity index (χ3n) is 2.64. The van der Waals surface area contributed by atoms with Gasteiger partial charge in [0.2, 0.25) is 0 Å². The predicted molar refractivity (Wildman–Crippen MR) is 71.0 cm³/mol. The molecule has 98 valence electrons. The van der Waals surface area contributed by atoms with Crippen LogP contribution in [-0.2, 0) is 0 Å². The summed E-state index contributed by atoms with van der Waals surface area (Å²) in [6, 6.07) is 4.52. The fraction of sp³-hybridized carbons (Fsp3) is 0.462. The highest BCUT2D eigenvalue weighted by Gasteiger charge is 2.15. The average Bonchev–Trinajstić information content (AvgIpc) is 2.28. The summed E-state index contributed by atoms with van der Waals surface area (Å²) in [4.78, 5) is 21.7. The lowest BCUT2D eigenvalue weighted by molar-refractivity contribution is -0.384. The fourth-order valence-electron chi connectivity index (χ4n) is 1.55. The van der Waals surface area contributed by atoms with Gasteiger partial charge in [0.15, 0.2) is 5.78 Å². The Labute approximate surface area is 106 Å². The number of carbonyl (C=O) groups is 1. The van der Waals surface area contributed by atoms with Crippen LogP contribution in [0.15, 0.2) is 18.2 Å². The Balaban J connectivity index is 2.90. The Morgan fingerprint density at radius 2 is 2.11 bits per heavy atom. The SMILES string of the molecule is CC(=O)c1ccc(NCCC(C)C)c([N+](=O)[O-])c1. The van der Waals surface area contributed by atoms with Crippen LogP contribution >= 0.6 is 0 Å². The van der Waals surface area contributed by atoms with Crippen LogP contribution in [0.4, 0.5) is 11.4 Å². The molecule has 0 fully saturated rings. The molecular formula is C13H18N2O3. The van der Waals surface area contributed by atoms with Crippen LogP contribution in [0.1, 0.15) is 37.6 Å². The fourth-order valence-corrected chi connectivity index (χ4v) is 1.55. The summed E-state index contributed by atoms with van der Waals surface area (Å²) < 4.78 is 0. The van der Waals surface area contributed by atoms with Crippen molar-refractivity contribution in [3.05, 3.63) is 33.9 Å². The van der Waals surface area contributed by atoms with Gasteiger partial charge in [0, 0.05) is 18.2 Å². The molecule has 0 aliphatic carbocycles. The molecule has 5 heteroatoms. The second kappa shape index (κ2) is 6.14. The van der Waals surface area contributed by atoms with Gasteiger partial charge in [0.25, 0.3) is 5.69 Å². The van der Waals surface area contributed by atoms with Crippen LogP contribution in [0.5, 0.6) is 0 Å². The van der Waals surface area contributed by atoms with E-state index in [2.05, 4.69) is 19.2 Å². The second-order valence-corrected chi connectivity index (χ2v) is 4.65. The Morgan fingerprint density at radius 1 is 1.44 bits per heavy atom. The van der Waals surface area contributed by atoms with Gasteiger partial charge in [-0.3, -0.25) is 14.9 Å². The van der Waals surface area contributed by atoms with Gasteiger partial charge in [-0.1, -0.05) is 13.8 Å². The molecule has 0 atom stereocenters. The van der Waals surface area contributed by atoms with Crippen LogP contribution in [0.25, 0.3) is 0 Å². The highest BCUT2D eigenvalue weighted by Crippen LogP contribution is 2.25. The second-order valence-electron chi connectivity index (χ2n) is 4.65. The minimum absolute atomic E-state index is 0.0496. The molecule has 0 saturated heterocycles. The number of rotatable bonds is 6. The van der Waals surface area contributed by atoms with E-state index >= 15 is 0 Å². The largest absolute Gasteiger partial charge is 0.379 e. The number of carbonyl (C=O) groups excluding carboxylic acids is 1. The number of anilines is 1. The number of Topliss-reactive ketones (excluding diaryl/α,β-unsaturated/α-hetero) is 1. The summed E-state index contributed by atoms with van der Waals surface area (Å²) in [5, 5.41) is 14.0. The summed E-state index contributed by atoms with van der Waals surface area (Å²) >= 11 is 0. The van der Waals surface area contributed by atoms with Crippen molar-refractivity contribution in [3.63, 3.8) is 0 Å². The zero-order chi connectivity index (χ0) is 13.7. The van der Waals surface area contributed by atoms with E-state index in [4.69, 9.17) is 0 Å². The van der Waals surface area contributed by atoms with Crippen molar-refractivity contribution in [1.82, 2.24) is 0 Å². The number of nitrogens with zero attached hydrogens (tertiary/aromatic N) is 1. The van der Waals surface area contributed by atoms with Crippen LogP contribution in [0.2, 0.25) is 0 Å². The maximum atomic E-state index is 11.2. The maximum absolute atomic E-state index is 11.2. The molecule has 5 nitrogen and oxygen atoms in total. The van der Waals surface area contributed by atoms with Gasteiger partial charge >= 0.3 is 0 Å². The highest BCUT2D eigenvalue weighted by molar-refractivity contribution is 5.95. The molecule has 0 amide bonds. The topological polar surface area (TPSA) is 72.2 Å². The molecule has 1 aromatic carbocycles. The molecule has 0 radical (unpaired) electrons. The number of hydrogen-bond donors (Lipinski definition) is 1. The number of nitro groups is 1. The van der Waals surface area contributed by atoms with Gasteiger partial charge in [0.05, 0.1) is 4.92 Å². The van der Waals surface area contributed by atoms with E-state index in [0.717, 1.165) is 6.42 Å². The predicted octanol–water partition coefficient (Wildman–Crippen LogP) is 3.26. The van der Waals surface area contributed by atoms with Gasteiger partial charge in [-0.15, -0.1) is 0 Å². The van der Waals surface area contributed by atoms with Crippen molar-refractivity contribution >= 4 is 17.2 Å². The van der Waals surface area contributed by atoms with E-state index in [-0.39, 0.29) is 11.5 Å². The van der Waals surface area contributed by atoms with Crippen molar-refractivity contribution < 1.29 is 9.72 Å². The zero-order valence-electron chi connectivity index (χ0n) is 10.9. The van der Waals surface area contributed by atoms with E-state index in [1.54, 1.807) is 12.1 Å². The minimum atomic E-state index is -0.468. The first-order valence-corrected chi connectivity index (χ1v) is 5.95. The van der Waals surface area contributed by atoms with E-state index in [1.807, 2.05) is 0 Å². The number of benzene rings is 1. The highest BCUT2D eigenvalue weighted by atomic mass is 16.6. The molecule has 18 heavy (non-hydrogen) atoms. The van der Waals surface area contributed by atoms with Crippen molar-refractivity contribution in [2.24, 2.45) is 5.92 Å². The average molecular weight is 250 g/mol. The van der Waals surface area contributed by atoms with Crippen LogP contribution in [0, 0.1) is 16.0 Å². The van der Waals surface area contributed by atoms with Crippen molar-refractivity contribution in [1.29, 1.82) is 0 Å². The molecular weight excluding hydrogens is 232 g/mol. The van der Waals surface area contributed by atoms with Crippen molar-refractivity contribution in [3.8, 4) is 0 Å². The zero-order valence-corrected chi connectivity index (χ0v) is 10.9. The van der Waals surface area contributed by atoms with Crippen LogP contribution in [0.3, 0.4) is 0 Å². The lowest BCUT2D eigenvalue weighted by Gasteiger charge is -2.09. The van der Waals surface area contributed by atoms with E-state index in [1.165, 1.54) is 13.0 Å². The Morgan fingerprint density at radius 3 is 2.61 bits per heavy atom. The van der Waals surface area contributed by atoms with Gasteiger partial charge in [0.1, 0.15) is 5.69 Å². The Bertz CT molecular complexity index is 456. The quantitative estimate of drug-likeness (QED) is 0.478. The van der Waals surface area contributed by atoms with Crippen LogP contribution in [-0.4, -0.2) is 17.3 Å². The number of nitrogens with one attached hydrogen (secondary N) is 1. The number of hydrogen-bond acceptors (Lipinski definition) is 4. The van der Waals surface area contributed by atoms with Gasteiger partial charge < -0.3 is 5.32 Å². The standard InChI is InChI=1S/C13H18N2O3/c1-9(2)6-7-14-12-5-4-11(10(3)16)8-13(12)15(17)18/h4-5,8-9,14H,6-7H2,1-3H3. The van der Waals surface area contributed by atoms with E-state index < -0.39 is 4.92 Å². The minimum Gasteiger partial charge on any atom is -0.379 e. The van der Waals surface area contributed by atoms with Crippen molar-refractivity contribution in [2.75, 3.05) is 11.9 Å². The Hall–Kier alpha value is -1.91. The van der Waals surface area contributed by atoms with Crippen LogP contribution < -0.4 is 5.32 Å². The van der Waals surface area contributed by atoms with Gasteiger partial charge in [-0.05, 0) is 31.4 Å². The monoisotopic (exact) mass is 250 g/mol. The number of nitro benzene ring substituents is 1. The van der Waals surface area contributed by atoms with Gasteiger partial charge in [-0.2, -0.15) is 0 Å². The molecule has 0 saturated carbocycles.